The van der Waals surface area contributed by atoms with Crippen molar-refractivity contribution in [3.8, 4) is 16.9 Å². The Kier molecular flexibility index (Phi) is 2.52. The van der Waals surface area contributed by atoms with Crippen LogP contribution in [0.2, 0.25) is 0 Å². The fourth-order valence-corrected chi connectivity index (χ4v) is 2.30. The average Bonchev–Trinajstić information content (AvgIpc) is 2.39. The second-order valence-corrected chi connectivity index (χ2v) is 4.55. The fourth-order valence-electron chi connectivity index (χ4n) is 2.30. The van der Waals surface area contributed by atoms with Crippen LogP contribution in [0.3, 0.4) is 0 Å². The summed E-state index contributed by atoms with van der Waals surface area (Å²) in [6, 6.07) is 20.1. The molecule has 0 atom stereocenters. The number of phenolic OH excluding ortho intramolecular Hbond substituents is 1. The van der Waals surface area contributed by atoms with Crippen LogP contribution in [0.25, 0.3) is 21.9 Å². The molecule has 0 bridgehead atoms. The first-order chi connectivity index (χ1) is 8.75. The van der Waals surface area contributed by atoms with Gasteiger partial charge in [-0.25, -0.2) is 0 Å². The van der Waals surface area contributed by atoms with E-state index >= 15 is 0 Å². The number of hydrogen-bond acceptors (Lipinski definition) is 1. The van der Waals surface area contributed by atoms with E-state index < -0.39 is 0 Å². The van der Waals surface area contributed by atoms with Crippen LogP contribution in [0.1, 0.15) is 5.56 Å². The molecule has 0 amide bonds. The Balaban J connectivity index is 2.27. The van der Waals surface area contributed by atoms with E-state index in [-0.39, 0.29) is 0 Å². The van der Waals surface area contributed by atoms with Gasteiger partial charge in [0.05, 0.1) is 0 Å². The summed E-state index contributed by atoms with van der Waals surface area (Å²) in [4.78, 5) is 0. The lowest BCUT2D eigenvalue weighted by atomic mass is 9.98. The Morgan fingerprint density at radius 2 is 1.67 bits per heavy atom. The lowest BCUT2D eigenvalue weighted by molar-refractivity contribution is 0.483. The highest BCUT2D eigenvalue weighted by molar-refractivity contribution is 5.94. The monoisotopic (exact) mass is 234 g/mol. The molecule has 1 heteroatoms. The summed E-state index contributed by atoms with van der Waals surface area (Å²) in [6.07, 6.45) is 0. The third-order valence-corrected chi connectivity index (χ3v) is 3.23. The SMILES string of the molecule is Cc1cccc(-c2ccc3ccccc3c2O)c1. The summed E-state index contributed by atoms with van der Waals surface area (Å²) in [5.74, 6) is 0.360. The maximum Gasteiger partial charge on any atom is 0.131 e. The Hall–Kier alpha value is -2.28. The predicted molar refractivity (Wildman–Crippen MR) is 75.8 cm³/mol. The lowest BCUT2D eigenvalue weighted by Crippen LogP contribution is -1.82. The first kappa shape index (κ1) is 10.8. The minimum atomic E-state index is 0.360. The molecule has 0 saturated heterocycles. The van der Waals surface area contributed by atoms with E-state index in [2.05, 4.69) is 19.1 Å². The van der Waals surface area contributed by atoms with E-state index in [1.54, 1.807) is 0 Å². The minimum Gasteiger partial charge on any atom is -0.507 e. The fraction of sp³-hybridized carbons (Fsp3) is 0.0588. The number of aromatic hydroxyl groups is 1. The Morgan fingerprint density at radius 1 is 0.833 bits per heavy atom. The molecule has 0 radical (unpaired) electrons. The van der Waals surface area contributed by atoms with Crippen molar-refractivity contribution < 1.29 is 5.11 Å². The van der Waals surface area contributed by atoms with Crippen LogP contribution in [-0.4, -0.2) is 5.11 Å². The van der Waals surface area contributed by atoms with E-state index in [0.717, 1.165) is 21.9 Å². The largest absolute Gasteiger partial charge is 0.507 e. The second-order valence-electron chi connectivity index (χ2n) is 4.55. The maximum absolute atomic E-state index is 10.4. The molecule has 0 spiro atoms. The van der Waals surface area contributed by atoms with Gasteiger partial charge in [0.25, 0.3) is 0 Å². The number of phenols is 1. The third-order valence-electron chi connectivity index (χ3n) is 3.23. The molecule has 0 aliphatic rings. The van der Waals surface area contributed by atoms with Gasteiger partial charge in [0.1, 0.15) is 5.75 Å². The molecule has 0 fully saturated rings. The van der Waals surface area contributed by atoms with Gasteiger partial charge in [-0.1, -0.05) is 66.2 Å². The summed E-state index contributed by atoms with van der Waals surface area (Å²) in [7, 11) is 0. The summed E-state index contributed by atoms with van der Waals surface area (Å²) in [6.45, 7) is 2.06. The van der Waals surface area contributed by atoms with Crippen molar-refractivity contribution in [1.82, 2.24) is 0 Å². The van der Waals surface area contributed by atoms with Gasteiger partial charge >= 0.3 is 0 Å². The quantitative estimate of drug-likeness (QED) is 0.656. The van der Waals surface area contributed by atoms with E-state index in [0.29, 0.717) is 5.75 Å². The molecule has 18 heavy (non-hydrogen) atoms. The molecule has 0 aliphatic heterocycles. The van der Waals surface area contributed by atoms with E-state index in [9.17, 15) is 5.11 Å². The number of rotatable bonds is 1. The summed E-state index contributed by atoms with van der Waals surface area (Å²) in [5, 5.41) is 12.4. The predicted octanol–water partition coefficient (Wildman–Crippen LogP) is 4.52. The van der Waals surface area contributed by atoms with Crippen molar-refractivity contribution in [3.63, 3.8) is 0 Å². The number of hydrogen-bond donors (Lipinski definition) is 1. The Bertz CT molecular complexity index is 714. The lowest BCUT2D eigenvalue weighted by Gasteiger charge is -2.08. The smallest absolute Gasteiger partial charge is 0.131 e. The molecule has 3 aromatic rings. The van der Waals surface area contributed by atoms with Crippen molar-refractivity contribution in [3.05, 3.63) is 66.2 Å². The Morgan fingerprint density at radius 3 is 2.50 bits per heavy atom. The molecular weight excluding hydrogens is 220 g/mol. The van der Waals surface area contributed by atoms with Gasteiger partial charge in [0.15, 0.2) is 0 Å². The molecule has 0 heterocycles. The first-order valence-corrected chi connectivity index (χ1v) is 6.03. The summed E-state index contributed by atoms with van der Waals surface area (Å²) < 4.78 is 0. The molecule has 0 aliphatic carbocycles. The molecule has 1 N–H and O–H groups in total. The van der Waals surface area contributed by atoms with Crippen LogP contribution < -0.4 is 0 Å². The zero-order valence-electron chi connectivity index (χ0n) is 10.2. The molecular formula is C17H14O. The standard InChI is InChI=1S/C17H14O/c1-12-5-4-7-14(11-12)16-10-9-13-6-2-3-8-15(13)17(16)18/h2-11,18H,1H3. The Labute approximate surface area is 106 Å². The van der Waals surface area contributed by atoms with Crippen molar-refractivity contribution in [2.24, 2.45) is 0 Å². The minimum absolute atomic E-state index is 0.360. The van der Waals surface area contributed by atoms with Crippen LogP contribution >= 0.6 is 0 Å². The number of benzene rings is 3. The van der Waals surface area contributed by atoms with Gasteiger partial charge in [-0.2, -0.15) is 0 Å². The van der Waals surface area contributed by atoms with Crippen LogP contribution in [0.5, 0.6) is 5.75 Å². The van der Waals surface area contributed by atoms with Gasteiger partial charge in [0.2, 0.25) is 0 Å². The highest BCUT2D eigenvalue weighted by Crippen LogP contribution is 2.35. The molecule has 3 aromatic carbocycles. The van der Waals surface area contributed by atoms with Crippen LogP contribution in [-0.2, 0) is 0 Å². The van der Waals surface area contributed by atoms with Gasteiger partial charge in [-0.15, -0.1) is 0 Å². The highest BCUT2D eigenvalue weighted by atomic mass is 16.3. The van der Waals surface area contributed by atoms with Crippen molar-refractivity contribution in [1.29, 1.82) is 0 Å². The average molecular weight is 234 g/mol. The van der Waals surface area contributed by atoms with Crippen LogP contribution in [0, 0.1) is 6.92 Å². The molecule has 1 nitrogen and oxygen atoms in total. The summed E-state index contributed by atoms with van der Waals surface area (Å²) in [5.41, 5.74) is 3.13. The van der Waals surface area contributed by atoms with E-state index in [1.165, 1.54) is 5.56 Å². The van der Waals surface area contributed by atoms with Crippen molar-refractivity contribution in [2.75, 3.05) is 0 Å². The van der Waals surface area contributed by atoms with Crippen LogP contribution in [0.4, 0.5) is 0 Å². The zero-order chi connectivity index (χ0) is 12.5. The first-order valence-electron chi connectivity index (χ1n) is 6.03. The maximum atomic E-state index is 10.4. The zero-order valence-corrected chi connectivity index (χ0v) is 10.2. The van der Waals surface area contributed by atoms with E-state index in [1.807, 2.05) is 48.5 Å². The molecule has 88 valence electrons. The van der Waals surface area contributed by atoms with Gasteiger partial charge in [0, 0.05) is 10.9 Å². The van der Waals surface area contributed by atoms with Crippen molar-refractivity contribution in [2.45, 2.75) is 6.92 Å². The molecule has 0 unspecified atom stereocenters. The molecule has 3 rings (SSSR count). The van der Waals surface area contributed by atoms with Gasteiger partial charge in [-0.3, -0.25) is 0 Å². The molecule has 0 saturated carbocycles. The van der Waals surface area contributed by atoms with Gasteiger partial charge in [-0.05, 0) is 17.9 Å². The topological polar surface area (TPSA) is 20.2 Å². The highest BCUT2D eigenvalue weighted by Gasteiger charge is 2.07. The summed E-state index contributed by atoms with van der Waals surface area (Å²) >= 11 is 0. The van der Waals surface area contributed by atoms with Gasteiger partial charge < -0.3 is 5.11 Å². The van der Waals surface area contributed by atoms with Crippen LogP contribution in [0.15, 0.2) is 60.7 Å². The van der Waals surface area contributed by atoms with Crippen molar-refractivity contribution >= 4 is 10.8 Å². The van der Waals surface area contributed by atoms with E-state index in [4.69, 9.17) is 0 Å². The number of fused-ring (bicyclic) bond motifs is 1. The second kappa shape index (κ2) is 4.19. The normalized spacial score (nSPS) is 10.7. The number of aryl methyl sites for hydroxylation is 1. The third kappa shape index (κ3) is 1.74. The molecule has 0 aromatic heterocycles.